The second-order valence-corrected chi connectivity index (χ2v) is 4.91. The highest BCUT2D eigenvalue weighted by atomic mass is 79.9. The monoisotopic (exact) mass is 271 g/mol. The molecule has 82 valence electrons. The number of nitrogens with zero attached hydrogens (tertiary/aromatic N) is 1. The van der Waals surface area contributed by atoms with Crippen LogP contribution >= 0.6 is 15.9 Å². The molecule has 0 aliphatic carbocycles. The molecule has 1 aliphatic rings. The third-order valence-electron chi connectivity index (χ3n) is 2.85. The van der Waals surface area contributed by atoms with E-state index in [2.05, 4.69) is 33.0 Å². The first kappa shape index (κ1) is 10.9. The molecule has 1 nitrogen and oxygen atoms in total. The number of hydrogen-bond acceptors (Lipinski definition) is 1. The molecule has 1 aromatic rings. The van der Waals surface area contributed by atoms with Gasteiger partial charge in [-0.25, -0.2) is 4.39 Å². The molecule has 1 unspecified atom stereocenters. The van der Waals surface area contributed by atoms with Crippen LogP contribution in [-0.4, -0.2) is 19.3 Å². The first-order valence-electron chi connectivity index (χ1n) is 5.40. The summed E-state index contributed by atoms with van der Waals surface area (Å²) < 4.78 is 14.3. The number of benzene rings is 1. The average Bonchev–Trinajstić information content (AvgIpc) is 2.44. The fourth-order valence-electron chi connectivity index (χ4n) is 1.97. The number of rotatable bonds is 1. The van der Waals surface area contributed by atoms with Crippen LogP contribution in [0.4, 0.5) is 10.1 Å². The normalized spacial score (nSPS) is 22.5. The third kappa shape index (κ3) is 2.94. The minimum atomic E-state index is -0.606. The van der Waals surface area contributed by atoms with Crippen LogP contribution in [0.15, 0.2) is 28.7 Å². The van der Waals surface area contributed by atoms with Crippen molar-refractivity contribution in [2.45, 2.75) is 25.4 Å². The number of alkyl halides is 1. The Bertz CT molecular complexity index is 312. The number of anilines is 1. The largest absolute Gasteiger partial charge is 0.371 e. The van der Waals surface area contributed by atoms with Gasteiger partial charge >= 0.3 is 0 Å². The molecule has 0 spiro atoms. The Morgan fingerprint density at radius 2 is 1.87 bits per heavy atom. The van der Waals surface area contributed by atoms with Crippen LogP contribution < -0.4 is 4.90 Å². The molecule has 0 aromatic heterocycles. The van der Waals surface area contributed by atoms with Crippen LogP contribution in [0.5, 0.6) is 0 Å². The standard InChI is InChI=1S/C12H15BrFN/c13-10-3-5-12(6-4-10)15-8-1-2-11(14)7-9-15/h3-6,11H,1-2,7-9H2. The van der Waals surface area contributed by atoms with Crippen LogP contribution in [0.2, 0.25) is 0 Å². The number of hydrogen-bond donors (Lipinski definition) is 0. The Morgan fingerprint density at radius 1 is 1.13 bits per heavy atom. The van der Waals surface area contributed by atoms with Gasteiger partial charge in [0.25, 0.3) is 0 Å². The second kappa shape index (κ2) is 4.97. The summed E-state index contributed by atoms with van der Waals surface area (Å²) in [5.74, 6) is 0. The van der Waals surface area contributed by atoms with Gasteiger partial charge in [-0.15, -0.1) is 0 Å². The molecule has 0 amide bonds. The first-order valence-corrected chi connectivity index (χ1v) is 6.19. The van der Waals surface area contributed by atoms with Crippen LogP contribution in [0, 0.1) is 0 Å². The summed E-state index contributed by atoms with van der Waals surface area (Å²) in [7, 11) is 0. The SMILES string of the molecule is FC1CCCN(c2ccc(Br)cc2)CC1. The van der Waals surface area contributed by atoms with Crippen LogP contribution in [-0.2, 0) is 0 Å². The molecule has 3 heteroatoms. The van der Waals surface area contributed by atoms with E-state index in [0.29, 0.717) is 12.8 Å². The van der Waals surface area contributed by atoms with E-state index in [1.807, 2.05) is 12.1 Å². The molecular weight excluding hydrogens is 257 g/mol. The lowest BCUT2D eigenvalue weighted by Gasteiger charge is -2.22. The van der Waals surface area contributed by atoms with Gasteiger partial charge in [0.2, 0.25) is 0 Å². The Hall–Kier alpha value is -0.570. The van der Waals surface area contributed by atoms with Gasteiger partial charge in [-0.05, 0) is 43.5 Å². The van der Waals surface area contributed by atoms with Gasteiger partial charge in [0.05, 0.1) is 0 Å². The summed E-state index contributed by atoms with van der Waals surface area (Å²) >= 11 is 3.42. The molecule has 1 heterocycles. The van der Waals surface area contributed by atoms with Crippen molar-refractivity contribution >= 4 is 21.6 Å². The minimum Gasteiger partial charge on any atom is -0.371 e. The fraction of sp³-hybridized carbons (Fsp3) is 0.500. The molecule has 0 radical (unpaired) electrons. The van der Waals surface area contributed by atoms with E-state index >= 15 is 0 Å². The molecule has 0 N–H and O–H groups in total. The summed E-state index contributed by atoms with van der Waals surface area (Å²) in [5.41, 5.74) is 1.20. The summed E-state index contributed by atoms with van der Waals surface area (Å²) in [6, 6.07) is 8.24. The van der Waals surface area contributed by atoms with Crippen molar-refractivity contribution in [2.75, 3.05) is 18.0 Å². The van der Waals surface area contributed by atoms with Crippen LogP contribution in [0.25, 0.3) is 0 Å². The Morgan fingerprint density at radius 3 is 2.60 bits per heavy atom. The molecular formula is C12H15BrFN. The lowest BCUT2D eigenvalue weighted by Crippen LogP contribution is -2.24. The van der Waals surface area contributed by atoms with Crippen molar-refractivity contribution in [3.63, 3.8) is 0 Å². The highest BCUT2D eigenvalue weighted by Gasteiger charge is 2.15. The molecule has 1 saturated heterocycles. The molecule has 0 saturated carbocycles. The Balaban J connectivity index is 2.06. The summed E-state index contributed by atoms with van der Waals surface area (Å²) in [6.45, 7) is 1.81. The zero-order valence-corrected chi connectivity index (χ0v) is 10.2. The smallest absolute Gasteiger partial charge is 0.102 e. The zero-order valence-electron chi connectivity index (χ0n) is 8.63. The van der Waals surface area contributed by atoms with E-state index in [1.165, 1.54) is 5.69 Å². The van der Waals surface area contributed by atoms with Crippen molar-refractivity contribution in [3.8, 4) is 0 Å². The van der Waals surface area contributed by atoms with Gasteiger partial charge in [-0.1, -0.05) is 15.9 Å². The molecule has 1 fully saturated rings. The van der Waals surface area contributed by atoms with E-state index in [9.17, 15) is 4.39 Å². The Kier molecular flexibility index (Phi) is 3.62. The third-order valence-corrected chi connectivity index (χ3v) is 3.38. The molecule has 2 rings (SSSR count). The predicted molar refractivity (Wildman–Crippen MR) is 65.1 cm³/mol. The minimum absolute atomic E-state index is 0.606. The maximum Gasteiger partial charge on any atom is 0.102 e. The van der Waals surface area contributed by atoms with Gasteiger partial charge in [-0.2, -0.15) is 0 Å². The maximum atomic E-state index is 13.2. The zero-order chi connectivity index (χ0) is 10.7. The summed E-state index contributed by atoms with van der Waals surface area (Å²) in [5, 5.41) is 0. The van der Waals surface area contributed by atoms with Crippen molar-refractivity contribution in [1.82, 2.24) is 0 Å². The van der Waals surface area contributed by atoms with Gasteiger partial charge in [0.15, 0.2) is 0 Å². The van der Waals surface area contributed by atoms with E-state index < -0.39 is 6.17 Å². The van der Waals surface area contributed by atoms with E-state index in [0.717, 1.165) is 24.0 Å². The van der Waals surface area contributed by atoms with E-state index in [4.69, 9.17) is 0 Å². The fourth-order valence-corrected chi connectivity index (χ4v) is 2.23. The quantitative estimate of drug-likeness (QED) is 0.752. The van der Waals surface area contributed by atoms with Crippen molar-refractivity contribution in [3.05, 3.63) is 28.7 Å². The predicted octanol–water partition coefficient (Wildman–Crippen LogP) is 3.78. The Labute approximate surface area is 98.4 Å². The average molecular weight is 272 g/mol. The first-order chi connectivity index (χ1) is 7.25. The molecule has 0 bridgehead atoms. The van der Waals surface area contributed by atoms with Crippen molar-refractivity contribution < 1.29 is 4.39 Å². The van der Waals surface area contributed by atoms with E-state index in [-0.39, 0.29) is 0 Å². The summed E-state index contributed by atoms with van der Waals surface area (Å²) in [4.78, 5) is 2.27. The van der Waals surface area contributed by atoms with Crippen molar-refractivity contribution in [1.29, 1.82) is 0 Å². The number of halogens is 2. The molecule has 1 atom stereocenters. The highest BCUT2D eigenvalue weighted by Crippen LogP contribution is 2.22. The van der Waals surface area contributed by atoms with Crippen LogP contribution in [0.1, 0.15) is 19.3 Å². The lowest BCUT2D eigenvalue weighted by atomic mass is 10.2. The maximum absolute atomic E-state index is 13.2. The van der Waals surface area contributed by atoms with Gasteiger partial charge < -0.3 is 4.90 Å². The molecule has 1 aliphatic heterocycles. The topological polar surface area (TPSA) is 3.24 Å². The van der Waals surface area contributed by atoms with Crippen LogP contribution in [0.3, 0.4) is 0 Å². The van der Waals surface area contributed by atoms with Gasteiger partial charge in [-0.3, -0.25) is 0 Å². The van der Waals surface area contributed by atoms with Crippen molar-refractivity contribution in [2.24, 2.45) is 0 Å². The molecule has 15 heavy (non-hydrogen) atoms. The summed E-state index contributed by atoms with van der Waals surface area (Å²) in [6.07, 6.45) is 1.73. The highest BCUT2D eigenvalue weighted by molar-refractivity contribution is 9.10. The molecule has 1 aromatic carbocycles. The van der Waals surface area contributed by atoms with E-state index in [1.54, 1.807) is 0 Å². The van der Waals surface area contributed by atoms with Gasteiger partial charge in [0.1, 0.15) is 6.17 Å². The van der Waals surface area contributed by atoms with Gasteiger partial charge in [0, 0.05) is 23.2 Å². The second-order valence-electron chi connectivity index (χ2n) is 3.99. The lowest BCUT2D eigenvalue weighted by molar-refractivity contribution is 0.307.